The molecule has 0 spiro atoms. The van der Waals surface area contributed by atoms with Gasteiger partial charge in [-0.25, -0.2) is 0 Å². The molecule has 0 amide bonds. The van der Waals surface area contributed by atoms with Gasteiger partial charge >= 0.3 is 0 Å². The lowest BCUT2D eigenvalue weighted by Gasteiger charge is -2.06. The maximum Gasteiger partial charge on any atom is 0.130 e. The van der Waals surface area contributed by atoms with E-state index in [2.05, 4.69) is 25.2 Å². The van der Waals surface area contributed by atoms with E-state index in [4.69, 9.17) is 18.6 Å². The molecule has 0 aliphatic rings. The highest BCUT2D eigenvalue weighted by Crippen LogP contribution is 2.15. The number of furan rings is 1. The van der Waals surface area contributed by atoms with Crippen LogP contribution in [0.3, 0.4) is 0 Å². The molecule has 0 saturated heterocycles. The Bertz CT molecular complexity index is 363. The monoisotopic (exact) mass is 285 g/mol. The van der Waals surface area contributed by atoms with Gasteiger partial charge in [0.05, 0.1) is 26.4 Å². The first-order chi connectivity index (χ1) is 9.63. The fourth-order valence-corrected chi connectivity index (χ4v) is 1.68. The van der Waals surface area contributed by atoms with Crippen molar-refractivity contribution in [2.75, 3.05) is 33.5 Å². The molecule has 1 rings (SSSR count). The Balaban J connectivity index is 2.19. The zero-order chi connectivity index (χ0) is 14.8. The highest BCUT2D eigenvalue weighted by atomic mass is 16.5. The third kappa shape index (κ3) is 7.05. The molecule has 0 radical (unpaired) electrons. The summed E-state index contributed by atoms with van der Waals surface area (Å²) in [5, 5.41) is 3.38. The predicted octanol–water partition coefficient (Wildman–Crippen LogP) is 2.27. The molecule has 1 heterocycles. The number of methoxy groups -OCH3 is 1. The predicted molar refractivity (Wildman–Crippen MR) is 77.8 cm³/mol. The third-order valence-electron chi connectivity index (χ3n) is 2.82. The van der Waals surface area contributed by atoms with Crippen molar-refractivity contribution in [1.29, 1.82) is 0 Å². The van der Waals surface area contributed by atoms with Crippen molar-refractivity contribution < 1.29 is 18.6 Å². The van der Waals surface area contributed by atoms with Crippen LogP contribution in [-0.4, -0.2) is 39.6 Å². The normalized spacial score (nSPS) is 11.4. The van der Waals surface area contributed by atoms with Gasteiger partial charge in [-0.3, -0.25) is 0 Å². The Morgan fingerprint density at radius 2 is 1.85 bits per heavy atom. The Kier molecular flexibility index (Phi) is 8.53. The summed E-state index contributed by atoms with van der Waals surface area (Å²) in [6.45, 7) is 9.90. The Morgan fingerprint density at radius 1 is 1.15 bits per heavy atom. The average molecular weight is 285 g/mol. The number of aryl methyl sites for hydroxylation is 1. The van der Waals surface area contributed by atoms with Gasteiger partial charge in [0, 0.05) is 25.3 Å². The van der Waals surface area contributed by atoms with Crippen molar-refractivity contribution in [3.8, 4) is 0 Å². The fourth-order valence-electron chi connectivity index (χ4n) is 1.68. The van der Waals surface area contributed by atoms with E-state index in [9.17, 15) is 0 Å². The molecular weight excluding hydrogens is 258 g/mol. The summed E-state index contributed by atoms with van der Waals surface area (Å²) in [6.07, 6.45) is 0. The first-order valence-corrected chi connectivity index (χ1v) is 7.09. The molecule has 0 saturated carbocycles. The quantitative estimate of drug-likeness (QED) is 0.632. The smallest absolute Gasteiger partial charge is 0.130 e. The fraction of sp³-hybridized carbons (Fsp3) is 0.733. The summed E-state index contributed by atoms with van der Waals surface area (Å²) in [5.74, 6) is 1.81. The zero-order valence-electron chi connectivity index (χ0n) is 13.0. The molecule has 1 N–H and O–H groups in total. The molecule has 1 aromatic heterocycles. The number of hydrogen-bond acceptors (Lipinski definition) is 5. The molecule has 1 aromatic rings. The molecule has 0 fully saturated rings. The van der Waals surface area contributed by atoms with Gasteiger partial charge in [-0.1, -0.05) is 13.8 Å². The molecular formula is C15H27NO4. The topological polar surface area (TPSA) is 52.9 Å². The van der Waals surface area contributed by atoms with E-state index in [-0.39, 0.29) is 0 Å². The number of nitrogens with one attached hydrogen (secondary N) is 1. The summed E-state index contributed by atoms with van der Waals surface area (Å²) in [5.41, 5.74) is 1.19. The van der Waals surface area contributed by atoms with E-state index in [0.29, 0.717) is 39.1 Å². The minimum Gasteiger partial charge on any atom is -0.464 e. The molecule has 0 unspecified atom stereocenters. The second-order valence-corrected chi connectivity index (χ2v) is 4.99. The maximum atomic E-state index is 5.67. The van der Waals surface area contributed by atoms with Crippen molar-refractivity contribution in [3.05, 3.63) is 23.2 Å². The molecule has 5 nitrogen and oxygen atoms in total. The molecule has 5 heteroatoms. The first-order valence-electron chi connectivity index (χ1n) is 7.09. The second kappa shape index (κ2) is 9.94. The summed E-state index contributed by atoms with van der Waals surface area (Å²) in [4.78, 5) is 0. The van der Waals surface area contributed by atoms with Crippen molar-refractivity contribution in [3.63, 3.8) is 0 Å². The third-order valence-corrected chi connectivity index (χ3v) is 2.82. The number of hydrogen-bond donors (Lipinski definition) is 1. The van der Waals surface area contributed by atoms with Crippen LogP contribution >= 0.6 is 0 Å². The van der Waals surface area contributed by atoms with Gasteiger partial charge in [-0.2, -0.15) is 0 Å². The molecule has 0 aliphatic carbocycles. The standard InChI is InChI=1S/C15H27NO4/c1-12(2)16-10-14-9-15(20-13(14)3)11-19-8-7-18-6-5-17-4/h9,12,16H,5-8,10-11H2,1-4H3. The average Bonchev–Trinajstić information content (AvgIpc) is 2.76. The van der Waals surface area contributed by atoms with Crippen LogP contribution < -0.4 is 5.32 Å². The summed E-state index contributed by atoms with van der Waals surface area (Å²) in [7, 11) is 1.66. The van der Waals surface area contributed by atoms with Gasteiger partial charge < -0.3 is 23.9 Å². The van der Waals surface area contributed by atoms with E-state index >= 15 is 0 Å². The largest absolute Gasteiger partial charge is 0.464 e. The van der Waals surface area contributed by atoms with Gasteiger partial charge in [0.1, 0.15) is 18.1 Å². The van der Waals surface area contributed by atoms with Gasteiger partial charge in [0.15, 0.2) is 0 Å². The molecule has 20 heavy (non-hydrogen) atoms. The van der Waals surface area contributed by atoms with E-state index < -0.39 is 0 Å². The number of ether oxygens (including phenoxy) is 3. The molecule has 0 atom stereocenters. The lowest BCUT2D eigenvalue weighted by molar-refractivity contribution is 0.0160. The highest BCUT2D eigenvalue weighted by molar-refractivity contribution is 5.20. The minimum absolute atomic E-state index is 0.466. The Labute approximate surface area is 121 Å². The van der Waals surface area contributed by atoms with Gasteiger partial charge in [-0.05, 0) is 13.0 Å². The van der Waals surface area contributed by atoms with Crippen LogP contribution in [0.2, 0.25) is 0 Å². The molecule has 0 bridgehead atoms. The first kappa shape index (κ1) is 17.2. The van der Waals surface area contributed by atoms with Crippen LogP contribution in [0.4, 0.5) is 0 Å². The number of rotatable bonds is 11. The van der Waals surface area contributed by atoms with Crippen molar-refractivity contribution in [2.24, 2.45) is 0 Å². The van der Waals surface area contributed by atoms with Crippen molar-refractivity contribution >= 4 is 0 Å². The summed E-state index contributed by atoms with van der Waals surface area (Å²) >= 11 is 0. The Hall–Kier alpha value is -0.880. The summed E-state index contributed by atoms with van der Waals surface area (Å²) in [6, 6.07) is 2.52. The van der Waals surface area contributed by atoms with E-state index in [1.54, 1.807) is 7.11 Å². The molecule has 0 aromatic carbocycles. The van der Waals surface area contributed by atoms with E-state index in [1.165, 1.54) is 5.56 Å². The van der Waals surface area contributed by atoms with E-state index in [1.807, 2.05) is 6.92 Å². The SMILES string of the molecule is COCCOCCOCc1cc(CNC(C)C)c(C)o1. The lowest BCUT2D eigenvalue weighted by atomic mass is 10.2. The lowest BCUT2D eigenvalue weighted by Crippen LogP contribution is -2.21. The van der Waals surface area contributed by atoms with Crippen LogP contribution in [0.1, 0.15) is 30.9 Å². The van der Waals surface area contributed by atoms with E-state index in [0.717, 1.165) is 18.1 Å². The van der Waals surface area contributed by atoms with Crippen LogP contribution in [0.25, 0.3) is 0 Å². The van der Waals surface area contributed by atoms with Crippen LogP contribution in [0.5, 0.6) is 0 Å². The van der Waals surface area contributed by atoms with Crippen LogP contribution in [0, 0.1) is 6.92 Å². The Morgan fingerprint density at radius 3 is 2.55 bits per heavy atom. The zero-order valence-corrected chi connectivity index (χ0v) is 13.0. The second-order valence-electron chi connectivity index (χ2n) is 4.99. The molecule has 0 aliphatic heterocycles. The van der Waals surface area contributed by atoms with Crippen LogP contribution in [0.15, 0.2) is 10.5 Å². The summed E-state index contributed by atoms with van der Waals surface area (Å²) < 4.78 is 21.4. The van der Waals surface area contributed by atoms with Crippen molar-refractivity contribution in [2.45, 2.75) is 40.0 Å². The van der Waals surface area contributed by atoms with Crippen molar-refractivity contribution in [1.82, 2.24) is 5.32 Å². The van der Waals surface area contributed by atoms with Crippen LogP contribution in [-0.2, 0) is 27.4 Å². The van der Waals surface area contributed by atoms with Gasteiger partial charge in [-0.15, -0.1) is 0 Å². The van der Waals surface area contributed by atoms with Gasteiger partial charge in [0.25, 0.3) is 0 Å². The minimum atomic E-state index is 0.466. The van der Waals surface area contributed by atoms with Gasteiger partial charge in [0.2, 0.25) is 0 Å². The molecule has 116 valence electrons. The highest BCUT2D eigenvalue weighted by Gasteiger charge is 2.07. The maximum absolute atomic E-state index is 5.67.